The van der Waals surface area contributed by atoms with Crippen molar-refractivity contribution < 1.29 is 18.4 Å². The molecule has 3 aromatic rings. The Labute approximate surface area is 149 Å². The zero-order valence-corrected chi connectivity index (χ0v) is 13.9. The lowest BCUT2D eigenvalue weighted by molar-refractivity contribution is 0.0937. The van der Waals surface area contributed by atoms with Crippen LogP contribution < -0.4 is 10.6 Å². The highest BCUT2D eigenvalue weighted by atomic mass is 19.1. The molecule has 3 rings (SSSR count). The van der Waals surface area contributed by atoms with Crippen LogP contribution in [0.1, 0.15) is 32.0 Å². The van der Waals surface area contributed by atoms with Crippen molar-refractivity contribution in [2.45, 2.75) is 13.1 Å². The van der Waals surface area contributed by atoms with Gasteiger partial charge in [-0.05, 0) is 42.5 Å². The third-order valence-electron chi connectivity index (χ3n) is 3.81. The molecule has 0 saturated heterocycles. The molecule has 0 aliphatic heterocycles. The molecule has 1 heterocycles. The van der Waals surface area contributed by atoms with E-state index in [0.717, 1.165) is 0 Å². The lowest BCUT2D eigenvalue weighted by Gasteiger charge is -2.07. The number of carbonyl (C=O) groups is 2. The van der Waals surface area contributed by atoms with Crippen LogP contribution in [-0.4, -0.2) is 11.8 Å². The van der Waals surface area contributed by atoms with Gasteiger partial charge in [-0.3, -0.25) is 9.59 Å². The lowest BCUT2D eigenvalue weighted by atomic mass is 10.1. The normalized spacial score (nSPS) is 10.3. The van der Waals surface area contributed by atoms with E-state index in [2.05, 4.69) is 10.6 Å². The average molecular weight is 352 g/mol. The number of halogens is 1. The van der Waals surface area contributed by atoms with Crippen molar-refractivity contribution >= 4 is 11.8 Å². The van der Waals surface area contributed by atoms with Crippen molar-refractivity contribution in [1.82, 2.24) is 10.6 Å². The predicted molar refractivity (Wildman–Crippen MR) is 93.9 cm³/mol. The fourth-order valence-electron chi connectivity index (χ4n) is 2.37. The van der Waals surface area contributed by atoms with E-state index in [9.17, 15) is 14.0 Å². The average Bonchev–Trinajstić information content (AvgIpc) is 3.19. The van der Waals surface area contributed by atoms with Gasteiger partial charge < -0.3 is 15.1 Å². The molecule has 2 aromatic carbocycles. The van der Waals surface area contributed by atoms with Crippen LogP contribution in [0.25, 0.3) is 0 Å². The highest BCUT2D eigenvalue weighted by Gasteiger charge is 2.10. The molecule has 5 nitrogen and oxygen atoms in total. The molecule has 0 radical (unpaired) electrons. The molecule has 0 fully saturated rings. The zero-order valence-electron chi connectivity index (χ0n) is 13.9. The lowest BCUT2D eigenvalue weighted by Crippen LogP contribution is -2.24. The molecule has 132 valence electrons. The van der Waals surface area contributed by atoms with Crippen molar-refractivity contribution in [2.75, 3.05) is 0 Å². The first-order valence-corrected chi connectivity index (χ1v) is 8.06. The van der Waals surface area contributed by atoms with Gasteiger partial charge in [0.1, 0.15) is 11.6 Å². The molecule has 0 bridgehead atoms. The first kappa shape index (κ1) is 17.4. The number of hydrogen-bond acceptors (Lipinski definition) is 3. The highest BCUT2D eigenvalue weighted by molar-refractivity contribution is 5.97. The fraction of sp³-hybridized carbons (Fsp3) is 0.100. The Hall–Kier alpha value is -3.41. The van der Waals surface area contributed by atoms with Gasteiger partial charge in [-0.1, -0.05) is 18.2 Å². The first-order valence-electron chi connectivity index (χ1n) is 8.06. The minimum absolute atomic E-state index is 0.0941. The molecule has 0 spiro atoms. The predicted octanol–water partition coefficient (Wildman–Crippen LogP) is 3.28. The van der Waals surface area contributed by atoms with Crippen LogP contribution in [0.5, 0.6) is 0 Å². The minimum Gasteiger partial charge on any atom is -0.467 e. The number of furan rings is 1. The molecule has 0 aliphatic rings. The van der Waals surface area contributed by atoms with Gasteiger partial charge in [-0.2, -0.15) is 0 Å². The van der Waals surface area contributed by atoms with E-state index in [1.165, 1.54) is 12.3 Å². The SMILES string of the molecule is O=C(NCc1ccco1)c1ccc(C(=O)NCc2ccccc2F)cc1. The van der Waals surface area contributed by atoms with E-state index >= 15 is 0 Å². The number of hydrogen-bond donors (Lipinski definition) is 2. The summed E-state index contributed by atoms with van der Waals surface area (Å²) < 4.78 is 18.7. The molecule has 0 atom stereocenters. The largest absolute Gasteiger partial charge is 0.467 e. The molecule has 1 aromatic heterocycles. The summed E-state index contributed by atoms with van der Waals surface area (Å²) in [6, 6.07) is 16.0. The topological polar surface area (TPSA) is 71.3 Å². The Bertz CT molecular complexity index is 890. The summed E-state index contributed by atoms with van der Waals surface area (Å²) in [6.07, 6.45) is 1.54. The molecule has 0 aliphatic carbocycles. The Balaban J connectivity index is 1.55. The summed E-state index contributed by atoms with van der Waals surface area (Å²) in [4.78, 5) is 24.2. The van der Waals surface area contributed by atoms with Crippen LogP contribution >= 0.6 is 0 Å². The van der Waals surface area contributed by atoms with E-state index < -0.39 is 0 Å². The van der Waals surface area contributed by atoms with Gasteiger partial charge >= 0.3 is 0 Å². The second kappa shape index (κ2) is 8.11. The zero-order chi connectivity index (χ0) is 18.4. The Morgan fingerprint density at radius 3 is 2.00 bits per heavy atom. The van der Waals surface area contributed by atoms with Crippen molar-refractivity contribution in [3.8, 4) is 0 Å². The van der Waals surface area contributed by atoms with Crippen LogP contribution in [-0.2, 0) is 13.1 Å². The second-order valence-electron chi connectivity index (χ2n) is 5.61. The Morgan fingerprint density at radius 2 is 1.42 bits per heavy atom. The Morgan fingerprint density at radius 1 is 0.808 bits per heavy atom. The molecule has 2 N–H and O–H groups in total. The van der Waals surface area contributed by atoms with Crippen LogP contribution in [0.2, 0.25) is 0 Å². The summed E-state index contributed by atoms with van der Waals surface area (Å²) in [5, 5.41) is 5.38. The summed E-state index contributed by atoms with van der Waals surface area (Å²) in [6.45, 7) is 0.383. The Kier molecular flexibility index (Phi) is 5.43. The van der Waals surface area contributed by atoms with Crippen molar-refractivity contribution in [2.24, 2.45) is 0 Å². The maximum Gasteiger partial charge on any atom is 0.251 e. The molecule has 0 saturated carbocycles. The maximum atomic E-state index is 13.6. The minimum atomic E-state index is -0.364. The number of benzene rings is 2. The molecule has 0 unspecified atom stereocenters. The number of rotatable bonds is 6. The maximum absolute atomic E-state index is 13.6. The van der Waals surface area contributed by atoms with Gasteiger partial charge in [0.05, 0.1) is 12.8 Å². The third-order valence-corrected chi connectivity index (χ3v) is 3.81. The first-order chi connectivity index (χ1) is 12.6. The molecular formula is C20H17FN2O3. The van der Waals surface area contributed by atoms with E-state index in [-0.39, 0.29) is 30.7 Å². The van der Waals surface area contributed by atoms with Gasteiger partial charge in [-0.15, -0.1) is 0 Å². The number of nitrogens with one attached hydrogen (secondary N) is 2. The summed E-state index contributed by atoms with van der Waals surface area (Å²) in [7, 11) is 0. The summed E-state index contributed by atoms with van der Waals surface area (Å²) >= 11 is 0. The summed E-state index contributed by atoms with van der Waals surface area (Å²) in [5.74, 6) is -0.311. The van der Waals surface area contributed by atoms with E-state index in [0.29, 0.717) is 22.5 Å². The number of amides is 2. The third kappa shape index (κ3) is 4.36. The van der Waals surface area contributed by atoms with Crippen molar-refractivity contribution in [1.29, 1.82) is 0 Å². The highest BCUT2D eigenvalue weighted by Crippen LogP contribution is 2.08. The van der Waals surface area contributed by atoms with E-state index in [4.69, 9.17) is 4.42 Å². The molecule has 6 heteroatoms. The van der Waals surface area contributed by atoms with Crippen molar-refractivity contribution in [3.05, 3.63) is 95.2 Å². The summed E-state index contributed by atoms with van der Waals surface area (Å²) in [5.41, 5.74) is 1.24. The number of carbonyl (C=O) groups excluding carboxylic acids is 2. The molecule has 26 heavy (non-hydrogen) atoms. The van der Waals surface area contributed by atoms with Crippen LogP contribution in [0.3, 0.4) is 0 Å². The van der Waals surface area contributed by atoms with Gasteiger partial charge in [0.15, 0.2) is 0 Å². The van der Waals surface area contributed by atoms with Crippen molar-refractivity contribution in [3.63, 3.8) is 0 Å². The smallest absolute Gasteiger partial charge is 0.251 e. The van der Waals surface area contributed by atoms with Gasteiger partial charge in [0.25, 0.3) is 11.8 Å². The van der Waals surface area contributed by atoms with E-state index in [1.54, 1.807) is 54.6 Å². The second-order valence-corrected chi connectivity index (χ2v) is 5.61. The van der Waals surface area contributed by atoms with Gasteiger partial charge in [0, 0.05) is 23.2 Å². The molecular weight excluding hydrogens is 335 g/mol. The van der Waals surface area contributed by atoms with E-state index in [1.807, 2.05) is 0 Å². The standard InChI is InChI=1S/C20H17FN2O3/c21-18-6-2-1-4-16(18)12-22-19(24)14-7-9-15(10-8-14)20(25)23-13-17-5-3-11-26-17/h1-11H,12-13H2,(H,22,24)(H,23,25). The molecule has 2 amide bonds. The van der Waals surface area contributed by atoms with Crippen LogP contribution in [0.4, 0.5) is 4.39 Å². The monoisotopic (exact) mass is 352 g/mol. The fourth-order valence-corrected chi connectivity index (χ4v) is 2.37. The quantitative estimate of drug-likeness (QED) is 0.715. The van der Waals surface area contributed by atoms with Gasteiger partial charge in [-0.25, -0.2) is 4.39 Å². The van der Waals surface area contributed by atoms with Gasteiger partial charge in [0.2, 0.25) is 0 Å². The van der Waals surface area contributed by atoms with Crippen LogP contribution in [0, 0.1) is 5.82 Å². The van der Waals surface area contributed by atoms with Crippen LogP contribution in [0.15, 0.2) is 71.3 Å².